The largest absolute Gasteiger partial charge is 0.379 e. The van der Waals surface area contributed by atoms with Gasteiger partial charge >= 0.3 is 0 Å². The molecule has 2 aliphatic heterocycles. The first-order chi connectivity index (χ1) is 16.5. The Morgan fingerprint density at radius 1 is 1.21 bits per heavy atom. The van der Waals surface area contributed by atoms with Crippen molar-refractivity contribution >= 4 is 50.9 Å². The van der Waals surface area contributed by atoms with Crippen molar-refractivity contribution in [1.29, 1.82) is 0 Å². The van der Waals surface area contributed by atoms with Gasteiger partial charge in [-0.15, -0.1) is 11.8 Å². The van der Waals surface area contributed by atoms with Crippen LogP contribution in [0.15, 0.2) is 41.5 Å². The van der Waals surface area contributed by atoms with Crippen molar-refractivity contribution in [2.24, 2.45) is 4.99 Å². The normalized spacial score (nSPS) is 16.5. The third kappa shape index (κ3) is 5.19. The number of thioether (sulfide) groups is 1. The molecular formula is C24H25FN6O2S. The molecule has 176 valence electrons. The first kappa shape index (κ1) is 22.7. The molecule has 1 aromatic heterocycles. The second-order valence-electron chi connectivity index (χ2n) is 8.20. The molecule has 0 atom stereocenters. The summed E-state index contributed by atoms with van der Waals surface area (Å²) in [6.45, 7) is 6.07. The number of hydrogen-bond acceptors (Lipinski definition) is 8. The highest BCUT2D eigenvalue weighted by molar-refractivity contribution is 8.14. The van der Waals surface area contributed by atoms with E-state index in [0.29, 0.717) is 47.9 Å². The zero-order valence-electron chi connectivity index (χ0n) is 18.8. The fraction of sp³-hybridized carbons (Fsp3) is 0.333. The van der Waals surface area contributed by atoms with E-state index >= 15 is 4.39 Å². The van der Waals surface area contributed by atoms with E-state index in [1.54, 1.807) is 23.9 Å². The molecular weight excluding hydrogens is 455 g/mol. The van der Waals surface area contributed by atoms with E-state index in [1.807, 2.05) is 18.2 Å². The Bertz CT molecular complexity index is 1260. The number of morpholine rings is 1. The van der Waals surface area contributed by atoms with Crippen molar-refractivity contribution in [3.05, 3.63) is 53.5 Å². The number of carbonyl (C=O) groups excluding carboxylic acids is 1. The molecule has 0 saturated carbocycles. The molecule has 0 aliphatic carbocycles. The summed E-state index contributed by atoms with van der Waals surface area (Å²) in [5, 5.41) is 7.15. The minimum absolute atomic E-state index is 0.146. The number of nitrogens with zero attached hydrogens (tertiary/aromatic N) is 4. The number of ether oxygens (including phenoxy) is 1. The molecule has 5 rings (SSSR count). The van der Waals surface area contributed by atoms with Crippen LogP contribution in [0.25, 0.3) is 10.9 Å². The van der Waals surface area contributed by atoms with Crippen LogP contribution in [0, 0.1) is 5.82 Å². The molecule has 0 spiro atoms. The summed E-state index contributed by atoms with van der Waals surface area (Å²) in [7, 11) is 0. The maximum Gasteiger partial charge on any atom is 0.227 e. The lowest BCUT2D eigenvalue weighted by atomic mass is 10.1. The first-order valence-electron chi connectivity index (χ1n) is 11.2. The monoisotopic (exact) mass is 480 g/mol. The highest BCUT2D eigenvalue weighted by Crippen LogP contribution is 2.28. The highest BCUT2D eigenvalue weighted by atomic mass is 32.2. The van der Waals surface area contributed by atoms with Crippen molar-refractivity contribution in [2.45, 2.75) is 13.5 Å². The first-order valence-corrected chi connectivity index (χ1v) is 12.2. The van der Waals surface area contributed by atoms with Crippen LogP contribution in [-0.2, 0) is 16.1 Å². The summed E-state index contributed by atoms with van der Waals surface area (Å²) < 4.78 is 20.5. The van der Waals surface area contributed by atoms with Gasteiger partial charge in [0, 0.05) is 62.0 Å². The number of nitrogens with one attached hydrogen (secondary N) is 2. The minimum Gasteiger partial charge on any atom is -0.379 e. The Morgan fingerprint density at radius 3 is 2.79 bits per heavy atom. The summed E-state index contributed by atoms with van der Waals surface area (Å²) in [4.78, 5) is 27.2. The number of amides is 1. The van der Waals surface area contributed by atoms with Gasteiger partial charge in [-0.3, -0.25) is 14.7 Å². The second kappa shape index (κ2) is 10.0. The molecule has 2 N–H and O–H groups in total. The maximum atomic E-state index is 15.1. The highest BCUT2D eigenvalue weighted by Gasteiger charge is 2.18. The molecule has 2 aromatic carbocycles. The summed E-state index contributed by atoms with van der Waals surface area (Å²) in [6, 6.07) is 9.32. The minimum atomic E-state index is -0.349. The fourth-order valence-corrected chi connectivity index (χ4v) is 4.94. The summed E-state index contributed by atoms with van der Waals surface area (Å²) >= 11 is 1.56. The number of fused-ring (bicyclic) bond motifs is 1. The molecule has 10 heteroatoms. The maximum absolute atomic E-state index is 15.1. The number of hydrogen-bond donors (Lipinski definition) is 2. The van der Waals surface area contributed by atoms with Crippen LogP contribution < -0.4 is 10.6 Å². The number of benzene rings is 2. The van der Waals surface area contributed by atoms with Crippen LogP contribution in [0.4, 0.5) is 21.7 Å². The second-order valence-corrected chi connectivity index (χ2v) is 9.29. The lowest BCUT2D eigenvalue weighted by Crippen LogP contribution is -2.35. The predicted molar refractivity (Wildman–Crippen MR) is 133 cm³/mol. The third-order valence-corrected chi connectivity index (χ3v) is 6.60. The van der Waals surface area contributed by atoms with Crippen LogP contribution in [0.3, 0.4) is 0 Å². The smallest absolute Gasteiger partial charge is 0.227 e. The quantitative estimate of drug-likeness (QED) is 0.555. The van der Waals surface area contributed by atoms with E-state index in [2.05, 4.69) is 30.5 Å². The fourth-order valence-electron chi connectivity index (χ4n) is 4.07. The molecule has 8 nitrogen and oxygen atoms in total. The van der Waals surface area contributed by atoms with Crippen LogP contribution >= 0.6 is 11.8 Å². The Labute approximate surface area is 201 Å². The van der Waals surface area contributed by atoms with Gasteiger partial charge in [0.1, 0.15) is 10.9 Å². The number of carbonyl (C=O) groups is 1. The molecule has 0 bridgehead atoms. The van der Waals surface area contributed by atoms with Crippen LogP contribution in [0.2, 0.25) is 0 Å². The Balaban J connectivity index is 1.41. The molecule has 0 unspecified atom stereocenters. The average molecular weight is 481 g/mol. The van der Waals surface area contributed by atoms with Crippen molar-refractivity contribution in [2.75, 3.05) is 49.2 Å². The van der Waals surface area contributed by atoms with E-state index in [-0.39, 0.29) is 11.7 Å². The summed E-state index contributed by atoms with van der Waals surface area (Å²) in [5.41, 5.74) is 3.47. The lowest BCUT2D eigenvalue weighted by Gasteiger charge is -2.27. The van der Waals surface area contributed by atoms with Crippen molar-refractivity contribution < 1.29 is 13.9 Å². The van der Waals surface area contributed by atoms with Crippen molar-refractivity contribution in [3.8, 4) is 0 Å². The molecule has 0 radical (unpaired) electrons. The van der Waals surface area contributed by atoms with E-state index in [0.717, 1.165) is 41.7 Å². The third-order valence-electron chi connectivity index (χ3n) is 5.59. The van der Waals surface area contributed by atoms with E-state index in [1.165, 1.54) is 13.1 Å². The van der Waals surface area contributed by atoms with Gasteiger partial charge in [0.15, 0.2) is 0 Å². The summed E-state index contributed by atoms with van der Waals surface area (Å²) in [5.74, 6) is 0.729. The van der Waals surface area contributed by atoms with Gasteiger partial charge in [-0.2, -0.15) is 0 Å². The van der Waals surface area contributed by atoms with Gasteiger partial charge in [0.05, 0.1) is 24.1 Å². The lowest BCUT2D eigenvalue weighted by molar-refractivity contribution is -0.114. The number of rotatable bonds is 6. The molecule has 2 aliphatic rings. The topological polar surface area (TPSA) is 91.7 Å². The van der Waals surface area contributed by atoms with Gasteiger partial charge in [0.25, 0.3) is 0 Å². The number of aliphatic imine (C=N–C) groups is 1. The average Bonchev–Trinajstić information content (AvgIpc) is 3.34. The SMILES string of the molecule is CC(=O)Nc1cc(CN2CCOCC2)cc(Nc2ncc3c(F)c(C4=NCCS4)ccc3n2)c1. The molecule has 1 saturated heterocycles. The van der Waals surface area contributed by atoms with Crippen LogP contribution in [0.1, 0.15) is 18.1 Å². The molecule has 1 fully saturated rings. The zero-order chi connectivity index (χ0) is 23.5. The molecule has 34 heavy (non-hydrogen) atoms. The van der Waals surface area contributed by atoms with Gasteiger partial charge in [-0.25, -0.2) is 14.4 Å². The van der Waals surface area contributed by atoms with Gasteiger partial charge in [-0.1, -0.05) is 0 Å². The number of anilines is 3. The number of aromatic nitrogens is 2. The van der Waals surface area contributed by atoms with Crippen molar-refractivity contribution in [3.63, 3.8) is 0 Å². The molecule has 3 heterocycles. The predicted octanol–water partition coefficient (Wildman–Crippen LogP) is 3.80. The van der Waals surface area contributed by atoms with E-state index in [9.17, 15) is 4.79 Å². The Kier molecular flexibility index (Phi) is 6.70. The van der Waals surface area contributed by atoms with Crippen molar-refractivity contribution in [1.82, 2.24) is 14.9 Å². The van der Waals surface area contributed by atoms with E-state index in [4.69, 9.17) is 4.74 Å². The van der Waals surface area contributed by atoms with E-state index < -0.39 is 0 Å². The molecule has 3 aromatic rings. The molecule has 1 amide bonds. The number of halogens is 1. The van der Waals surface area contributed by atoms with Gasteiger partial charge < -0.3 is 15.4 Å². The summed E-state index contributed by atoms with van der Waals surface area (Å²) in [6.07, 6.45) is 1.50. The standard InChI is InChI=1S/C24H25FN6O2S/c1-15(32)28-17-10-16(14-31-5-7-33-8-6-31)11-18(12-17)29-24-27-13-20-21(30-24)3-2-19(22(20)25)23-26-4-9-34-23/h2-3,10-13H,4-9,14H2,1H3,(H,28,32)(H,27,29,30). The van der Waals surface area contributed by atoms with Gasteiger partial charge in [0.2, 0.25) is 11.9 Å². The van der Waals surface area contributed by atoms with Gasteiger partial charge in [-0.05, 0) is 35.9 Å². The van der Waals surface area contributed by atoms with Crippen LogP contribution in [0.5, 0.6) is 0 Å². The van der Waals surface area contributed by atoms with Crippen LogP contribution in [-0.4, -0.2) is 64.4 Å². The Hall–Kier alpha value is -3.08. The Morgan fingerprint density at radius 2 is 2.03 bits per heavy atom. The zero-order valence-corrected chi connectivity index (χ0v) is 19.6.